The number of benzene rings is 2. The van der Waals surface area contributed by atoms with Gasteiger partial charge in [0.25, 0.3) is 11.1 Å². The number of carbonyl (C=O) groups excluding carboxylic acids is 3. The van der Waals surface area contributed by atoms with Crippen LogP contribution in [0, 0.1) is 6.92 Å². The molecule has 156 valence electrons. The van der Waals surface area contributed by atoms with Crippen molar-refractivity contribution in [3.63, 3.8) is 0 Å². The van der Waals surface area contributed by atoms with Gasteiger partial charge in [-0.25, -0.2) is 4.79 Å². The number of imide groups is 1. The summed E-state index contributed by atoms with van der Waals surface area (Å²) in [6.07, 6.45) is 1.65. The van der Waals surface area contributed by atoms with E-state index < -0.39 is 5.97 Å². The Morgan fingerprint density at radius 1 is 1.00 bits per heavy atom. The molecule has 30 heavy (non-hydrogen) atoms. The third kappa shape index (κ3) is 5.64. The topological polar surface area (TPSA) is 82.1 Å². The number of hydrogen-bond acceptors (Lipinski definition) is 7. The van der Waals surface area contributed by atoms with E-state index in [0.29, 0.717) is 16.4 Å². The first kappa shape index (κ1) is 21.4. The molecule has 2 aromatic carbocycles. The molecule has 2 aromatic rings. The zero-order valence-corrected chi connectivity index (χ0v) is 17.4. The van der Waals surface area contributed by atoms with Gasteiger partial charge in [-0.05, 0) is 54.6 Å². The first-order valence-corrected chi connectivity index (χ1v) is 10.0. The highest BCUT2D eigenvalue weighted by molar-refractivity contribution is 8.18. The number of aryl methyl sites for hydroxylation is 1. The lowest BCUT2D eigenvalue weighted by molar-refractivity contribution is -0.142. The maximum absolute atomic E-state index is 12.6. The summed E-state index contributed by atoms with van der Waals surface area (Å²) in [5.74, 6) is 0.374. The van der Waals surface area contributed by atoms with Gasteiger partial charge in [-0.1, -0.05) is 29.8 Å². The second-order valence-corrected chi connectivity index (χ2v) is 7.42. The minimum Gasteiger partial charge on any atom is -0.492 e. The van der Waals surface area contributed by atoms with Gasteiger partial charge in [0, 0.05) is 0 Å². The summed E-state index contributed by atoms with van der Waals surface area (Å²) in [5, 5.41) is -0.322. The number of nitrogens with zero attached hydrogens (tertiary/aromatic N) is 1. The van der Waals surface area contributed by atoms with Crippen LogP contribution in [-0.4, -0.2) is 48.9 Å². The summed E-state index contributed by atoms with van der Waals surface area (Å²) in [7, 11) is 1.29. The number of rotatable bonds is 8. The van der Waals surface area contributed by atoms with Crippen molar-refractivity contribution in [3.05, 3.63) is 64.6 Å². The Hall–Kier alpha value is -3.26. The van der Waals surface area contributed by atoms with E-state index >= 15 is 0 Å². The van der Waals surface area contributed by atoms with E-state index in [1.54, 1.807) is 30.3 Å². The lowest BCUT2D eigenvalue weighted by atomic mass is 10.2. The van der Waals surface area contributed by atoms with Crippen molar-refractivity contribution in [1.29, 1.82) is 0 Å². The molecule has 0 bridgehead atoms. The SMILES string of the molecule is COC(=O)COc1ccc(/C=C2\SC(=O)N(CCOc3ccc(C)cc3)C2=O)cc1. The lowest BCUT2D eigenvalue weighted by Crippen LogP contribution is -2.32. The van der Waals surface area contributed by atoms with Crippen LogP contribution in [0.15, 0.2) is 53.4 Å². The van der Waals surface area contributed by atoms with Gasteiger partial charge in [-0.15, -0.1) is 0 Å². The Morgan fingerprint density at radius 2 is 1.63 bits per heavy atom. The average molecular weight is 427 g/mol. The number of thioether (sulfide) groups is 1. The van der Waals surface area contributed by atoms with Gasteiger partial charge in [0.15, 0.2) is 6.61 Å². The summed E-state index contributed by atoms with van der Waals surface area (Å²) in [5.41, 5.74) is 1.86. The Kier molecular flexibility index (Phi) is 7.13. The fourth-order valence-corrected chi connectivity index (χ4v) is 3.46. The van der Waals surface area contributed by atoms with Gasteiger partial charge in [0.05, 0.1) is 18.6 Å². The molecule has 1 saturated heterocycles. The van der Waals surface area contributed by atoms with Gasteiger partial charge >= 0.3 is 5.97 Å². The van der Waals surface area contributed by atoms with Crippen molar-refractivity contribution in [2.75, 3.05) is 26.9 Å². The average Bonchev–Trinajstić information content (AvgIpc) is 3.01. The van der Waals surface area contributed by atoms with Crippen LogP contribution in [0.5, 0.6) is 11.5 Å². The maximum Gasteiger partial charge on any atom is 0.343 e. The molecule has 0 saturated carbocycles. The van der Waals surface area contributed by atoms with E-state index in [1.165, 1.54) is 12.0 Å². The highest BCUT2D eigenvalue weighted by Crippen LogP contribution is 2.32. The predicted octanol–water partition coefficient (Wildman–Crippen LogP) is 3.66. The molecule has 0 aliphatic carbocycles. The molecule has 0 N–H and O–H groups in total. The number of hydrogen-bond donors (Lipinski definition) is 0. The second-order valence-electron chi connectivity index (χ2n) is 6.43. The number of esters is 1. The Bertz CT molecular complexity index is 953. The molecule has 1 fully saturated rings. The van der Waals surface area contributed by atoms with Crippen molar-refractivity contribution < 1.29 is 28.6 Å². The summed E-state index contributed by atoms with van der Waals surface area (Å²) in [4.78, 5) is 37.4. The van der Waals surface area contributed by atoms with E-state index in [1.807, 2.05) is 31.2 Å². The van der Waals surface area contributed by atoms with Crippen LogP contribution in [0.4, 0.5) is 4.79 Å². The van der Waals surface area contributed by atoms with Crippen molar-refractivity contribution in [1.82, 2.24) is 4.90 Å². The third-order valence-corrected chi connectivity index (χ3v) is 5.15. The number of amides is 2. The predicted molar refractivity (Wildman–Crippen MR) is 113 cm³/mol. The highest BCUT2D eigenvalue weighted by Gasteiger charge is 2.34. The smallest absolute Gasteiger partial charge is 0.343 e. The summed E-state index contributed by atoms with van der Waals surface area (Å²) in [6.45, 7) is 2.20. The molecule has 8 heteroatoms. The maximum atomic E-state index is 12.6. The van der Waals surface area contributed by atoms with Gasteiger partial charge < -0.3 is 14.2 Å². The molecule has 2 amide bonds. The Balaban J connectivity index is 1.56. The fourth-order valence-electron chi connectivity index (χ4n) is 2.59. The minimum absolute atomic E-state index is 0.177. The first-order valence-electron chi connectivity index (χ1n) is 9.21. The minimum atomic E-state index is -0.473. The zero-order chi connectivity index (χ0) is 21.5. The second kappa shape index (κ2) is 9.98. The number of methoxy groups -OCH3 is 1. The molecule has 3 rings (SSSR count). The van der Waals surface area contributed by atoms with Crippen LogP contribution >= 0.6 is 11.8 Å². The highest BCUT2D eigenvalue weighted by atomic mass is 32.2. The van der Waals surface area contributed by atoms with E-state index in [4.69, 9.17) is 9.47 Å². The van der Waals surface area contributed by atoms with Gasteiger partial charge in [-0.2, -0.15) is 0 Å². The van der Waals surface area contributed by atoms with Crippen molar-refractivity contribution in [3.8, 4) is 11.5 Å². The van der Waals surface area contributed by atoms with Crippen LogP contribution in [0.2, 0.25) is 0 Å². The summed E-state index contributed by atoms with van der Waals surface area (Å²) in [6, 6.07) is 14.4. The number of carbonyl (C=O) groups is 3. The van der Waals surface area contributed by atoms with E-state index in [9.17, 15) is 14.4 Å². The molecule has 1 aliphatic rings. The van der Waals surface area contributed by atoms with Crippen LogP contribution < -0.4 is 9.47 Å². The molecule has 1 aliphatic heterocycles. The molecular weight excluding hydrogens is 406 g/mol. The molecular formula is C22H21NO6S. The zero-order valence-electron chi connectivity index (χ0n) is 16.6. The molecule has 7 nitrogen and oxygen atoms in total. The quantitative estimate of drug-likeness (QED) is 0.470. The Labute approximate surface area is 178 Å². The van der Waals surface area contributed by atoms with E-state index in [0.717, 1.165) is 22.9 Å². The van der Waals surface area contributed by atoms with Crippen LogP contribution in [0.1, 0.15) is 11.1 Å². The van der Waals surface area contributed by atoms with Crippen molar-refractivity contribution in [2.24, 2.45) is 0 Å². The first-order chi connectivity index (χ1) is 14.5. The largest absolute Gasteiger partial charge is 0.492 e. The molecule has 0 spiro atoms. The van der Waals surface area contributed by atoms with Crippen molar-refractivity contribution in [2.45, 2.75) is 6.92 Å². The van der Waals surface area contributed by atoms with Crippen LogP contribution in [0.3, 0.4) is 0 Å². The molecule has 0 unspecified atom stereocenters. The molecule has 0 aromatic heterocycles. The Morgan fingerprint density at radius 3 is 2.30 bits per heavy atom. The van der Waals surface area contributed by atoms with Gasteiger partial charge in [0.2, 0.25) is 0 Å². The molecule has 0 atom stereocenters. The van der Waals surface area contributed by atoms with Gasteiger partial charge in [0.1, 0.15) is 18.1 Å². The standard InChI is InChI=1S/C22H21NO6S/c1-15-3-7-17(8-4-15)28-12-11-23-21(25)19(30-22(23)26)13-16-5-9-18(10-6-16)29-14-20(24)27-2/h3-10,13H,11-12,14H2,1-2H3/b19-13-. The monoisotopic (exact) mass is 427 g/mol. The number of ether oxygens (including phenoxy) is 3. The van der Waals surface area contributed by atoms with Gasteiger partial charge in [-0.3, -0.25) is 14.5 Å². The summed E-state index contributed by atoms with van der Waals surface area (Å²) >= 11 is 0.897. The lowest BCUT2D eigenvalue weighted by Gasteiger charge is -2.13. The van der Waals surface area contributed by atoms with E-state index in [-0.39, 0.29) is 30.9 Å². The molecule has 0 radical (unpaired) electrons. The van der Waals surface area contributed by atoms with Crippen LogP contribution in [0.25, 0.3) is 6.08 Å². The fraction of sp³-hybridized carbons (Fsp3) is 0.227. The van der Waals surface area contributed by atoms with Crippen LogP contribution in [-0.2, 0) is 14.3 Å². The van der Waals surface area contributed by atoms with Crippen molar-refractivity contribution >= 4 is 35.0 Å². The normalized spacial score (nSPS) is 14.9. The molecule has 1 heterocycles. The summed E-state index contributed by atoms with van der Waals surface area (Å²) < 4.78 is 15.4. The third-order valence-electron chi connectivity index (χ3n) is 4.24. The van der Waals surface area contributed by atoms with E-state index in [2.05, 4.69) is 4.74 Å².